The van der Waals surface area contributed by atoms with E-state index >= 15 is 0 Å². The maximum atomic E-state index is 13.0. The average Bonchev–Trinajstić information content (AvgIpc) is 3.38. The predicted octanol–water partition coefficient (Wildman–Crippen LogP) is 20.7. The summed E-state index contributed by atoms with van der Waals surface area (Å²) in [5.74, 6) is -0.157. The van der Waals surface area contributed by atoms with E-state index in [2.05, 4.69) is 31.3 Å². The Balaban J connectivity index is 4.02. The van der Waals surface area contributed by atoms with Crippen molar-refractivity contribution in [3.63, 3.8) is 0 Å². The van der Waals surface area contributed by atoms with E-state index in [-0.39, 0.29) is 19.1 Å². The van der Waals surface area contributed by atoms with Gasteiger partial charge in [0.1, 0.15) is 13.2 Å². The number of nitrogens with one attached hydrogen (secondary N) is 1. The molecule has 0 saturated carbocycles. The van der Waals surface area contributed by atoms with Gasteiger partial charge in [-0.3, -0.25) is 9.36 Å². The number of phosphoric acid groups is 1. The molecule has 1 amide bonds. The molecule has 0 rings (SSSR count). The summed E-state index contributed by atoms with van der Waals surface area (Å²) in [6, 6.07) is -0.799. The molecule has 0 radical (unpaired) electrons. The van der Waals surface area contributed by atoms with Gasteiger partial charge in [-0.25, -0.2) is 0 Å². The van der Waals surface area contributed by atoms with Crippen LogP contribution in [0.1, 0.15) is 361 Å². The zero-order chi connectivity index (χ0) is 55.6. The minimum atomic E-state index is -4.58. The van der Waals surface area contributed by atoms with E-state index in [1.165, 1.54) is 295 Å². The second kappa shape index (κ2) is 58.9. The number of carbonyl (C=O) groups is 1. The number of carbonyl (C=O) groups excluding carboxylic acids is 1. The fourth-order valence-corrected chi connectivity index (χ4v) is 11.4. The number of quaternary nitrogens is 1. The van der Waals surface area contributed by atoms with E-state index in [9.17, 15) is 19.4 Å². The molecule has 0 spiro atoms. The highest BCUT2D eigenvalue weighted by Gasteiger charge is 2.24. The lowest BCUT2D eigenvalue weighted by Crippen LogP contribution is -2.46. The summed E-state index contributed by atoms with van der Waals surface area (Å²) in [5, 5.41) is 14.1. The van der Waals surface area contributed by atoms with Crippen LogP contribution in [-0.2, 0) is 18.4 Å². The molecule has 0 aromatic rings. The van der Waals surface area contributed by atoms with Crippen LogP contribution in [0.5, 0.6) is 0 Å². The van der Waals surface area contributed by atoms with E-state index in [1.807, 2.05) is 21.1 Å². The SMILES string of the molecule is CCCCCCCCCC/C=C\CCCCCCCCCCCCCCCC(=O)NC(COP(=O)([O-])OCC[N+](C)(C)C)C(O)CCCCCCCCCCCCCCCCCCCCCCCCCCCCCCC. The molecule has 0 aliphatic rings. The second-order valence-corrected chi connectivity index (χ2v) is 26.3. The monoisotopic (exact) mass is 1100 g/mol. The van der Waals surface area contributed by atoms with Crippen molar-refractivity contribution < 1.29 is 32.9 Å². The third-order valence-corrected chi connectivity index (χ3v) is 17.0. The highest BCUT2D eigenvalue weighted by molar-refractivity contribution is 7.45. The zero-order valence-electron chi connectivity index (χ0n) is 52.0. The average molecular weight is 1100 g/mol. The molecule has 3 atom stereocenters. The number of allylic oxidation sites excluding steroid dienone is 2. The van der Waals surface area contributed by atoms with Gasteiger partial charge in [-0.05, 0) is 38.5 Å². The van der Waals surface area contributed by atoms with Crippen molar-refractivity contribution in [3.05, 3.63) is 12.2 Å². The minimum absolute atomic E-state index is 0.0153. The molecule has 0 bridgehead atoms. The molecule has 9 heteroatoms. The van der Waals surface area contributed by atoms with Crippen LogP contribution < -0.4 is 10.2 Å². The van der Waals surface area contributed by atoms with Gasteiger partial charge in [-0.2, -0.15) is 0 Å². The highest BCUT2D eigenvalue weighted by atomic mass is 31.2. The Labute approximate surface area is 475 Å². The number of phosphoric ester groups is 1. The van der Waals surface area contributed by atoms with E-state index in [1.54, 1.807) is 0 Å². The molecule has 3 unspecified atom stereocenters. The van der Waals surface area contributed by atoms with E-state index < -0.39 is 20.0 Å². The van der Waals surface area contributed by atoms with E-state index in [0.717, 1.165) is 38.5 Å². The third kappa shape index (κ3) is 60.9. The van der Waals surface area contributed by atoms with Gasteiger partial charge in [0.25, 0.3) is 7.82 Å². The Morgan fingerprint density at radius 3 is 1.03 bits per heavy atom. The van der Waals surface area contributed by atoms with Crippen LogP contribution in [0.4, 0.5) is 0 Å². The summed E-state index contributed by atoms with van der Waals surface area (Å²) in [7, 11) is 1.32. The first-order chi connectivity index (χ1) is 37.0. The molecule has 0 aliphatic carbocycles. The molecule has 8 nitrogen and oxygen atoms in total. The lowest BCUT2D eigenvalue weighted by Gasteiger charge is -2.30. The maximum Gasteiger partial charge on any atom is 0.268 e. The quantitative estimate of drug-likeness (QED) is 0.0272. The largest absolute Gasteiger partial charge is 0.756 e. The number of hydrogen-bond donors (Lipinski definition) is 2. The Kier molecular flexibility index (Phi) is 58.3. The molecular formula is C67H135N2O6P. The van der Waals surface area contributed by atoms with Crippen LogP contribution in [0.2, 0.25) is 0 Å². The van der Waals surface area contributed by atoms with Crippen molar-refractivity contribution in [2.24, 2.45) is 0 Å². The van der Waals surface area contributed by atoms with Crippen LogP contribution in [0.3, 0.4) is 0 Å². The van der Waals surface area contributed by atoms with Gasteiger partial charge in [0.15, 0.2) is 0 Å². The predicted molar refractivity (Wildman–Crippen MR) is 330 cm³/mol. The van der Waals surface area contributed by atoms with Gasteiger partial charge in [0, 0.05) is 6.42 Å². The fraction of sp³-hybridized carbons (Fsp3) is 0.955. The molecule has 76 heavy (non-hydrogen) atoms. The Hall–Kier alpha value is -0.760. The summed E-state index contributed by atoms with van der Waals surface area (Å²) in [6.45, 7) is 4.79. The van der Waals surface area contributed by atoms with Gasteiger partial charge >= 0.3 is 0 Å². The molecule has 0 fully saturated rings. The molecular weight excluding hydrogens is 960 g/mol. The number of rotatable bonds is 64. The van der Waals surface area contributed by atoms with E-state index in [4.69, 9.17) is 9.05 Å². The standard InChI is InChI=1S/C67H135N2O6P/c1-6-8-10-12-14-16-18-20-22-24-26-28-30-32-33-34-35-37-38-40-42-44-46-48-50-52-54-56-58-60-66(70)65(64-75-76(72,73)74-63-62-69(3,4)5)68-67(71)61-59-57-55-53-51-49-47-45-43-41-39-36-31-29-27-25-23-21-19-17-15-13-11-9-7-2/h25,27,65-66,70H,6-24,26,28-64H2,1-5H3,(H-,68,71,72,73)/b27-25-. The van der Waals surface area contributed by atoms with Crippen molar-refractivity contribution in [2.75, 3.05) is 40.9 Å². The summed E-state index contributed by atoms with van der Waals surface area (Å²) in [5.41, 5.74) is 0. The van der Waals surface area contributed by atoms with Crippen LogP contribution in [-0.4, -0.2) is 68.5 Å². The lowest BCUT2D eigenvalue weighted by atomic mass is 10.0. The molecule has 454 valence electrons. The smallest absolute Gasteiger partial charge is 0.268 e. The molecule has 0 aliphatic heterocycles. The van der Waals surface area contributed by atoms with Crippen molar-refractivity contribution in [1.29, 1.82) is 0 Å². The van der Waals surface area contributed by atoms with Crippen LogP contribution in [0.25, 0.3) is 0 Å². The molecule has 2 N–H and O–H groups in total. The Morgan fingerprint density at radius 1 is 0.447 bits per heavy atom. The van der Waals surface area contributed by atoms with Gasteiger partial charge in [-0.15, -0.1) is 0 Å². The molecule has 0 aromatic heterocycles. The Morgan fingerprint density at radius 2 is 0.724 bits per heavy atom. The van der Waals surface area contributed by atoms with Crippen molar-refractivity contribution in [2.45, 2.75) is 373 Å². The minimum Gasteiger partial charge on any atom is -0.756 e. The summed E-state index contributed by atoms with van der Waals surface area (Å²) < 4.78 is 23.5. The van der Waals surface area contributed by atoms with Crippen LogP contribution >= 0.6 is 7.82 Å². The van der Waals surface area contributed by atoms with Crippen molar-refractivity contribution in [1.82, 2.24) is 5.32 Å². The third-order valence-electron chi connectivity index (χ3n) is 16.0. The van der Waals surface area contributed by atoms with Crippen molar-refractivity contribution >= 4 is 13.7 Å². The Bertz CT molecular complexity index is 1240. The summed E-state index contributed by atoms with van der Waals surface area (Å²) in [6.07, 6.45) is 74.2. The first-order valence-corrected chi connectivity index (χ1v) is 35.5. The lowest BCUT2D eigenvalue weighted by molar-refractivity contribution is -0.870. The first kappa shape index (κ1) is 75.2. The van der Waals surface area contributed by atoms with Crippen LogP contribution in [0, 0.1) is 0 Å². The van der Waals surface area contributed by atoms with E-state index in [0.29, 0.717) is 23.9 Å². The number of hydrogen-bond acceptors (Lipinski definition) is 6. The van der Waals surface area contributed by atoms with Gasteiger partial charge in [0.2, 0.25) is 5.91 Å². The number of likely N-dealkylation sites (N-methyl/N-ethyl adjacent to an activating group) is 1. The highest BCUT2D eigenvalue weighted by Crippen LogP contribution is 2.38. The number of aliphatic hydroxyl groups is 1. The first-order valence-electron chi connectivity index (χ1n) is 34.0. The second-order valence-electron chi connectivity index (χ2n) is 24.9. The maximum absolute atomic E-state index is 13.0. The molecule has 0 aromatic carbocycles. The van der Waals surface area contributed by atoms with Crippen LogP contribution in [0.15, 0.2) is 12.2 Å². The topological polar surface area (TPSA) is 108 Å². The van der Waals surface area contributed by atoms with Gasteiger partial charge in [0.05, 0.1) is 39.9 Å². The molecule has 0 heterocycles. The number of amides is 1. The number of unbranched alkanes of at least 4 members (excludes halogenated alkanes) is 49. The fourth-order valence-electron chi connectivity index (χ4n) is 10.7. The molecule has 0 saturated heterocycles. The van der Waals surface area contributed by atoms with Crippen molar-refractivity contribution in [3.8, 4) is 0 Å². The normalized spacial score (nSPS) is 13.7. The summed E-state index contributed by atoms with van der Waals surface area (Å²) in [4.78, 5) is 25.6. The van der Waals surface area contributed by atoms with Gasteiger partial charge < -0.3 is 28.8 Å². The zero-order valence-corrected chi connectivity index (χ0v) is 52.9. The summed E-state index contributed by atoms with van der Waals surface area (Å²) >= 11 is 0. The van der Waals surface area contributed by atoms with Gasteiger partial charge in [-0.1, -0.05) is 328 Å². The number of nitrogens with zero attached hydrogens (tertiary/aromatic N) is 1. The number of aliphatic hydroxyl groups excluding tert-OH is 1.